The van der Waals surface area contributed by atoms with Crippen LogP contribution in [0.3, 0.4) is 0 Å². The summed E-state index contributed by atoms with van der Waals surface area (Å²) in [6.07, 6.45) is 1.71. The maximum atomic E-state index is 5.92. The number of para-hydroxylation sites is 2. The Morgan fingerprint density at radius 1 is 0.966 bits per heavy atom. The fraction of sp³-hybridized carbons (Fsp3) is 0.208. The molecule has 0 fully saturated rings. The first-order chi connectivity index (χ1) is 14.3. The Morgan fingerprint density at radius 3 is 2.59 bits per heavy atom. The van der Waals surface area contributed by atoms with Gasteiger partial charge in [0.2, 0.25) is 0 Å². The van der Waals surface area contributed by atoms with Gasteiger partial charge in [0, 0.05) is 6.21 Å². The van der Waals surface area contributed by atoms with E-state index >= 15 is 0 Å². The zero-order valence-electron chi connectivity index (χ0n) is 16.3. The van der Waals surface area contributed by atoms with Gasteiger partial charge in [-0.05, 0) is 41.5 Å². The summed E-state index contributed by atoms with van der Waals surface area (Å²) >= 11 is 0. The number of ether oxygens (including phenoxy) is 4. The van der Waals surface area contributed by atoms with Gasteiger partial charge in [-0.25, -0.2) is 0 Å². The summed E-state index contributed by atoms with van der Waals surface area (Å²) in [5.74, 6) is 2.93. The summed E-state index contributed by atoms with van der Waals surface area (Å²) in [7, 11) is 1.64. The minimum atomic E-state index is -0.100. The van der Waals surface area contributed by atoms with Crippen molar-refractivity contribution in [1.82, 2.24) is 0 Å². The second-order valence-electron chi connectivity index (χ2n) is 6.68. The Balaban J connectivity index is 1.35. The molecule has 1 atom stereocenters. The molecule has 0 amide bonds. The molecule has 1 heterocycles. The molecule has 5 nitrogen and oxygen atoms in total. The van der Waals surface area contributed by atoms with Gasteiger partial charge < -0.3 is 18.9 Å². The fourth-order valence-electron chi connectivity index (χ4n) is 3.05. The van der Waals surface area contributed by atoms with Gasteiger partial charge in [0.25, 0.3) is 0 Å². The summed E-state index contributed by atoms with van der Waals surface area (Å²) in [6, 6.07) is 23.5. The number of fused-ring (bicyclic) bond motifs is 1. The highest BCUT2D eigenvalue weighted by atomic mass is 16.6. The van der Waals surface area contributed by atoms with E-state index in [0.717, 1.165) is 22.6 Å². The van der Waals surface area contributed by atoms with E-state index in [-0.39, 0.29) is 6.10 Å². The third-order valence-corrected chi connectivity index (χ3v) is 4.54. The first-order valence-electron chi connectivity index (χ1n) is 9.55. The highest BCUT2D eigenvalue weighted by Crippen LogP contribution is 2.31. The van der Waals surface area contributed by atoms with Gasteiger partial charge in [0.05, 0.1) is 13.7 Å². The van der Waals surface area contributed by atoms with Crippen molar-refractivity contribution in [3.63, 3.8) is 0 Å². The molecule has 0 spiro atoms. The first-order valence-corrected chi connectivity index (χ1v) is 9.55. The van der Waals surface area contributed by atoms with Crippen LogP contribution in [-0.2, 0) is 6.61 Å². The molecular weight excluding hydrogens is 366 g/mol. The first kappa shape index (κ1) is 18.9. The lowest BCUT2D eigenvalue weighted by Crippen LogP contribution is -2.31. The van der Waals surface area contributed by atoms with Crippen molar-refractivity contribution in [2.45, 2.75) is 12.7 Å². The third kappa shape index (κ3) is 4.88. The molecule has 1 aliphatic rings. The predicted octanol–water partition coefficient (Wildman–Crippen LogP) is 4.53. The zero-order chi connectivity index (χ0) is 19.9. The molecule has 0 saturated heterocycles. The maximum absolute atomic E-state index is 5.92. The topological polar surface area (TPSA) is 49.3 Å². The zero-order valence-corrected chi connectivity index (χ0v) is 16.3. The predicted molar refractivity (Wildman–Crippen MR) is 113 cm³/mol. The van der Waals surface area contributed by atoms with E-state index < -0.39 is 0 Å². The molecule has 0 aromatic heterocycles. The van der Waals surface area contributed by atoms with Crippen LogP contribution in [0.5, 0.6) is 23.0 Å². The standard InChI is InChI=1S/C24H23NO4/c1-26-24-13-19(11-12-22(24)27-16-18-7-3-2-4-8-18)14-25-15-20-17-28-21-9-5-6-10-23(21)29-20/h2-14,20H,15-17H2,1H3. The van der Waals surface area contributed by atoms with Crippen molar-refractivity contribution in [2.24, 2.45) is 4.99 Å². The largest absolute Gasteiger partial charge is 0.493 e. The van der Waals surface area contributed by atoms with Gasteiger partial charge in [0.15, 0.2) is 29.1 Å². The van der Waals surface area contributed by atoms with Crippen molar-refractivity contribution in [1.29, 1.82) is 0 Å². The number of rotatable bonds is 7. The SMILES string of the molecule is COc1cc(C=NCC2COc3ccccc3O2)ccc1OCc1ccccc1. The van der Waals surface area contributed by atoms with Crippen LogP contribution in [0.4, 0.5) is 0 Å². The van der Waals surface area contributed by atoms with Crippen LogP contribution in [0, 0.1) is 0 Å². The summed E-state index contributed by atoms with van der Waals surface area (Å²) in [5, 5.41) is 0. The number of methoxy groups -OCH3 is 1. The molecule has 0 radical (unpaired) electrons. The van der Waals surface area contributed by atoms with E-state index in [0.29, 0.717) is 31.3 Å². The van der Waals surface area contributed by atoms with Crippen LogP contribution in [0.25, 0.3) is 0 Å². The van der Waals surface area contributed by atoms with Crippen LogP contribution in [-0.4, -0.2) is 32.6 Å². The molecule has 1 aliphatic heterocycles. The number of nitrogens with zero attached hydrogens (tertiary/aromatic N) is 1. The van der Waals surface area contributed by atoms with Crippen molar-refractivity contribution in [3.8, 4) is 23.0 Å². The highest BCUT2D eigenvalue weighted by molar-refractivity contribution is 5.81. The Kier molecular flexibility index (Phi) is 5.95. The van der Waals surface area contributed by atoms with E-state index in [2.05, 4.69) is 4.99 Å². The summed E-state index contributed by atoms with van der Waals surface area (Å²) < 4.78 is 23.0. The van der Waals surface area contributed by atoms with Gasteiger partial charge in [0.1, 0.15) is 13.2 Å². The van der Waals surface area contributed by atoms with Crippen LogP contribution in [0.15, 0.2) is 77.8 Å². The molecule has 4 rings (SSSR count). The van der Waals surface area contributed by atoms with E-state index in [9.17, 15) is 0 Å². The molecule has 0 bridgehead atoms. The summed E-state index contributed by atoms with van der Waals surface area (Å²) in [6.45, 7) is 1.50. The average Bonchev–Trinajstić information content (AvgIpc) is 2.78. The van der Waals surface area contributed by atoms with Gasteiger partial charge in [-0.1, -0.05) is 42.5 Å². The molecule has 0 aliphatic carbocycles. The van der Waals surface area contributed by atoms with Crippen molar-refractivity contribution >= 4 is 6.21 Å². The molecule has 3 aromatic carbocycles. The lowest BCUT2D eigenvalue weighted by atomic mass is 10.2. The fourth-order valence-corrected chi connectivity index (χ4v) is 3.05. The van der Waals surface area contributed by atoms with Crippen LogP contribution < -0.4 is 18.9 Å². The Bertz CT molecular complexity index is 972. The normalized spacial score (nSPS) is 15.3. The van der Waals surface area contributed by atoms with Gasteiger partial charge >= 0.3 is 0 Å². The minimum absolute atomic E-state index is 0.100. The lowest BCUT2D eigenvalue weighted by molar-refractivity contribution is 0.0973. The Morgan fingerprint density at radius 2 is 1.76 bits per heavy atom. The molecule has 0 saturated carbocycles. The third-order valence-electron chi connectivity index (χ3n) is 4.54. The van der Waals surface area contributed by atoms with Crippen LogP contribution in [0.1, 0.15) is 11.1 Å². The number of hydrogen-bond acceptors (Lipinski definition) is 5. The van der Waals surface area contributed by atoms with Crippen LogP contribution in [0.2, 0.25) is 0 Å². The van der Waals surface area contributed by atoms with Crippen molar-refractivity contribution in [3.05, 3.63) is 83.9 Å². The monoisotopic (exact) mass is 389 g/mol. The Hall–Kier alpha value is -3.47. The number of aliphatic imine (C=N–C) groups is 1. The lowest BCUT2D eigenvalue weighted by Gasteiger charge is -2.25. The van der Waals surface area contributed by atoms with Gasteiger partial charge in [-0.3, -0.25) is 4.99 Å². The molecule has 3 aromatic rings. The quantitative estimate of drug-likeness (QED) is 0.557. The van der Waals surface area contributed by atoms with E-state index in [1.54, 1.807) is 7.11 Å². The smallest absolute Gasteiger partial charge is 0.161 e. The summed E-state index contributed by atoms with van der Waals surface area (Å²) in [5.41, 5.74) is 2.04. The molecular formula is C24H23NO4. The van der Waals surface area contributed by atoms with E-state index in [1.165, 1.54) is 0 Å². The van der Waals surface area contributed by atoms with E-state index in [4.69, 9.17) is 18.9 Å². The van der Waals surface area contributed by atoms with Crippen LogP contribution >= 0.6 is 0 Å². The summed E-state index contributed by atoms with van der Waals surface area (Å²) in [4.78, 5) is 4.51. The Labute approximate surface area is 170 Å². The molecule has 0 N–H and O–H groups in total. The number of benzene rings is 3. The maximum Gasteiger partial charge on any atom is 0.161 e. The molecule has 5 heteroatoms. The van der Waals surface area contributed by atoms with Crippen molar-refractivity contribution < 1.29 is 18.9 Å². The minimum Gasteiger partial charge on any atom is -0.493 e. The second-order valence-corrected chi connectivity index (χ2v) is 6.68. The molecule has 1 unspecified atom stereocenters. The molecule has 29 heavy (non-hydrogen) atoms. The van der Waals surface area contributed by atoms with E-state index in [1.807, 2.05) is 79.0 Å². The molecule has 148 valence electrons. The van der Waals surface area contributed by atoms with Gasteiger partial charge in [-0.2, -0.15) is 0 Å². The number of hydrogen-bond donors (Lipinski definition) is 0. The average molecular weight is 389 g/mol. The van der Waals surface area contributed by atoms with Gasteiger partial charge in [-0.15, -0.1) is 0 Å². The van der Waals surface area contributed by atoms with Crippen molar-refractivity contribution in [2.75, 3.05) is 20.3 Å². The highest BCUT2D eigenvalue weighted by Gasteiger charge is 2.19. The second kappa shape index (κ2) is 9.15.